The Morgan fingerprint density at radius 1 is 1.19 bits per heavy atom. The summed E-state index contributed by atoms with van der Waals surface area (Å²) in [5, 5.41) is 13.5. The molecule has 1 amide bonds. The molecular weight excluding hydrogens is 268 g/mol. The van der Waals surface area contributed by atoms with Crippen molar-refractivity contribution in [3.63, 3.8) is 0 Å². The van der Waals surface area contributed by atoms with Gasteiger partial charge in [-0.1, -0.05) is 24.3 Å². The maximum Gasteiger partial charge on any atom is 0.275 e. The SMILES string of the molecule is COc1ccccc1C(=O)N/N=C(/C)c1cccc(O)c1. The Morgan fingerprint density at radius 2 is 1.95 bits per heavy atom. The van der Waals surface area contributed by atoms with E-state index >= 15 is 0 Å². The molecule has 0 atom stereocenters. The molecule has 0 heterocycles. The van der Waals surface area contributed by atoms with Crippen molar-refractivity contribution in [2.45, 2.75) is 6.92 Å². The molecule has 108 valence electrons. The lowest BCUT2D eigenvalue weighted by Crippen LogP contribution is -2.20. The largest absolute Gasteiger partial charge is 0.508 e. The third kappa shape index (κ3) is 3.60. The van der Waals surface area contributed by atoms with E-state index in [4.69, 9.17) is 4.74 Å². The van der Waals surface area contributed by atoms with Crippen molar-refractivity contribution in [3.8, 4) is 11.5 Å². The summed E-state index contributed by atoms with van der Waals surface area (Å²) in [5.41, 5.74) is 4.21. The summed E-state index contributed by atoms with van der Waals surface area (Å²) in [4.78, 5) is 12.1. The van der Waals surface area contributed by atoms with Gasteiger partial charge in [0, 0.05) is 5.56 Å². The molecule has 2 N–H and O–H groups in total. The fraction of sp³-hybridized carbons (Fsp3) is 0.125. The van der Waals surface area contributed by atoms with Crippen molar-refractivity contribution in [3.05, 3.63) is 59.7 Å². The number of rotatable bonds is 4. The van der Waals surface area contributed by atoms with Crippen LogP contribution in [0.5, 0.6) is 11.5 Å². The number of para-hydroxylation sites is 1. The number of aromatic hydroxyl groups is 1. The summed E-state index contributed by atoms with van der Waals surface area (Å²) in [6.45, 7) is 1.75. The molecule has 2 rings (SSSR count). The van der Waals surface area contributed by atoms with Gasteiger partial charge in [-0.25, -0.2) is 5.43 Å². The van der Waals surface area contributed by atoms with Crippen molar-refractivity contribution >= 4 is 11.6 Å². The summed E-state index contributed by atoms with van der Waals surface area (Å²) < 4.78 is 5.13. The lowest BCUT2D eigenvalue weighted by molar-refractivity contribution is 0.0952. The van der Waals surface area contributed by atoms with Gasteiger partial charge < -0.3 is 9.84 Å². The first-order valence-corrected chi connectivity index (χ1v) is 6.39. The first-order valence-electron chi connectivity index (χ1n) is 6.39. The monoisotopic (exact) mass is 284 g/mol. The number of ether oxygens (including phenoxy) is 1. The Morgan fingerprint density at radius 3 is 2.67 bits per heavy atom. The van der Waals surface area contributed by atoms with Crippen molar-refractivity contribution in [2.75, 3.05) is 7.11 Å². The number of phenolic OH excluding ortho intramolecular Hbond substituents is 1. The van der Waals surface area contributed by atoms with Crippen molar-refractivity contribution in [1.29, 1.82) is 0 Å². The van der Waals surface area contributed by atoms with E-state index in [0.717, 1.165) is 5.56 Å². The van der Waals surface area contributed by atoms with Gasteiger partial charge in [0.2, 0.25) is 0 Å². The lowest BCUT2D eigenvalue weighted by Gasteiger charge is -2.07. The van der Waals surface area contributed by atoms with E-state index in [-0.39, 0.29) is 11.7 Å². The number of nitrogens with zero attached hydrogens (tertiary/aromatic N) is 1. The van der Waals surface area contributed by atoms with Crippen LogP contribution in [0.15, 0.2) is 53.6 Å². The molecule has 0 fully saturated rings. The molecule has 0 bridgehead atoms. The van der Waals surface area contributed by atoms with Gasteiger partial charge >= 0.3 is 0 Å². The van der Waals surface area contributed by atoms with Crippen molar-refractivity contribution < 1.29 is 14.6 Å². The highest BCUT2D eigenvalue weighted by molar-refractivity contribution is 6.01. The zero-order chi connectivity index (χ0) is 15.2. The van der Waals surface area contributed by atoms with E-state index in [2.05, 4.69) is 10.5 Å². The molecule has 0 spiro atoms. The van der Waals surface area contributed by atoms with Crippen LogP contribution in [0.2, 0.25) is 0 Å². The predicted octanol–water partition coefficient (Wildman–Crippen LogP) is 2.55. The Labute approximate surface area is 122 Å². The highest BCUT2D eigenvalue weighted by Crippen LogP contribution is 2.17. The average molecular weight is 284 g/mol. The van der Waals surface area contributed by atoms with E-state index in [1.807, 2.05) is 0 Å². The standard InChI is InChI=1S/C16H16N2O3/c1-11(12-6-5-7-13(19)10-12)17-18-16(20)14-8-3-4-9-15(14)21-2/h3-10,19H,1-2H3,(H,18,20)/b17-11-. The Bertz CT molecular complexity index is 681. The smallest absolute Gasteiger partial charge is 0.275 e. The average Bonchev–Trinajstić information content (AvgIpc) is 2.52. The molecule has 0 saturated heterocycles. The Balaban J connectivity index is 2.15. The molecular formula is C16H16N2O3. The lowest BCUT2D eigenvalue weighted by atomic mass is 10.1. The van der Waals surface area contributed by atoms with Crippen LogP contribution in [0.4, 0.5) is 0 Å². The second-order valence-corrected chi connectivity index (χ2v) is 4.39. The topological polar surface area (TPSA) is 70.9 Å². The van der Waals surface area contributed by atoms with Crippen LogP contribution in [0.25, 0.3) is 0 Å². The minimum atomic E-state index is -0.355. The summed E-state index contributed by atoms with van der Waals surface area (Å²) >= 11 is 0. The fourth-order valence-electron chi connectivity index (χ4n) is 1.82. The molecule has 0 unspecified atom stereocenters. The van der Waals surface area contributed by atoms with Gasteiger partial charge in [-0.3, -0.25) is 4.79 Å². The van der Waals surface area contributed by atoms with Gasteiger partial charge in [-0.15, -0.1) is 0 Å². The third-order valence-corrected chi connectivity index (χ3v) is 2.94. The van der Waals surface area contributed by atoms with Crippen LogP contribution in [-0.4, -0.2) is 23.8 Å². The number of hydrogen-bond acceptors (Lipinski definition) is 4. The third-order valence-electron chi connectivity index (χ3n) is 2.94. The Kier molecular flexibility index (Phi) is 4.56. The van der Waals surface area contributed by atoms with E-state index in [1.165, 1.54) is 7.11 Å². The molecule has 0 aliphatic heterocycles. The van der Waals surface area contributed by atoms with Gasteiger partial charge in [0.05, 0.1) is 18.4 Å². The number of carbonyl (C=O) groups is 1. The summed E-state index contributed by atoms with van der Waals surface area (Å²) in [6, 6.07) is 13.6. The molecule has 0 radical (unpaired) electrons. The van der Waals surface area contributed by atoms with Gasteiger partial charge in [-0.05, 0) is 31.2 Å². The fourth-order valence-corrected chi connectivity index (χ4v) is 1.82. The highest BCUT2D eigenvalue weighted by Gasteiger charge is 2.10. The quantitative estimate of drug-likeness (QED) is 0.669. The first-order chi connectivity index (χ1) is 10.1. The predicted molar refractivity (Wildman–Crippen MR) is 80.8 cm³/mol. The second-order valence-electron chi connectivity index (χ2n) is 4.39. The van der Waals surface area contributed by atoms with Crippen LogP contribution < -0.4 is 10.2 Å². The van der Waals surface area contributed by atoms with E-state index < -0.39 is 0 Å². The van der Waals surface area contributed by atoms with E-state index in [1.54, 1.807) is 55.5 Å². The second kappa shape index (κ2) is 6.56. The van der Waals surface area contributed by atoms with Crippen molar-refractivity contribution in [1.82, 2.24) is 5.43 Å². The molecule has 5 nitrogen and oxygen atoms in total. The maximum atomic E-state index is 12.1. The molecule has 2 aromatic rings. The van der Waals surface area contributed by atoms with E-state index in [9.17, 15) is 9.90 Å². The van der Waals surface area contributed by atoms with E-state index in [0.29, 0.717) is 17.0 Å². The number of hydrazone groups is 1. The van der Waals surface area contributed by atoms with Gasteiger partial charge in [-0.2, -0.15) is 5.10 Å². The van der Waals surface area contributed by atoms with Gasteiger partial charge in [0.25, 0.3) is 5.91 Å². The number of carbonyl (C=O) groups excluding carboxylic acids is 1. The molecule has 0 saturated carbocycles. The number of amides is 1. The number of methoxy groups -OCH3 is 1. The first kappa shape index (κ1) is 14.6. The summed E-state index contributed by atoms with van der Waals surface area (Å²) in [6.07, 6.45) is 0. The van der Waals surface area contributed by atoms with Crippen LogP contribution >= 0.6 is 0 Å². The molecule has 2 aromatic carbocycles. The van der Waals surface area contributed by atoms with Crippen LogP contribution in [0, 0.1) is 0 Å². The van der Waals surface area contributed by atoms with Crippen LogP contribution in [-0.2, 0) is 0 Å². The van der Waals surface area contributed by atoms with Gasteiger partial charge in [0.15, 0.2) is 0 Å². The molecule has 5 heteroatoms. The minimum Gasteiger partial charge on any atom is -0.508 e. The number of phenols is 1. The summed E-state index contributed by atoms with van der Waals surface area (Å²) in [5.74, 6) is 0.283. The zero-order valence-electron chi connectivity index (χ0n) is 11.8. The number of benzene rings is 2. The van der Waals surface area contributed by atoms with Crippen LogP contribution in [0.3, 0.4) is 0 Å². The maximum absolute atomic E-state index is 12.1. The number of nitrogens with one attached hydrogen (secondary N) is 1. The normalized spacial score (nSPS) is 11.0. The van der Waals surface area contributed by atoms with Gasteiger partial charge in [0.1, 0.15) is 11.5 Å². The summed E-state index contributed by atoms with van der Waals surface area (Å²) in [7, 11) is 1.51. The molecule has 21 heavy (non-hydrogen) atoms. The minimum absolute atomic E-state index is 0.151. The molecule has 0 aliphatic rings. The zero-order valence-corrected chi connectivity index (χ0v) is 11.8. The molecule has 0 aromatic heterocycles. The Hall–Kier alpha value is -2.82. The molecule has 0 aliphatic carbocycles. The van der Waals surface area contributed by atoms with Crippen molar-refractivity contribution in [2.24, 2.45) is 5.10 Å². The van der Waals surface area contributed by atoms with Crippen LogP contribution in [0.1, 0.15) is 22.8 Å². The number of hydrogen-bond donors (Lipinski definition) is 2. The highest BCUT2D eigenvalue weighted by atomic mass is 16.5.